The van der Waals surface area contributed by atoms with E-state index in [9.17, 15) is 0 Å². The van der Waals surface area contributed by atoms with E-state index in [1.54, 1.807) is 0 Å². The highest BCUT2D eigenvalue weighted by Gasteiger charge is 1.44. The maximum absolute atomic E-state index is 8.53. The van der Waals surface area contributed by atoms with Crippen LogP contribution < -0.4 is 10.0 Å². The van der Waals surface area contributed by atoms with E-state index >= 15 is 0 Å². The summed E-state index contributed by atoms with van der Waals surface area (Å²) >= 11 is 0. The largest absolute Gasteiger partial charge is 0.871 e. The molecule has 0 spiro atoms. The fourth-order valence-electron chi connectivity index (χ4n) is 0. The minimum absolute atomic E-state index is 2.67. The molecule has 0 bridgehead atoms. The topological polar surface area (TPSA) is 66.3 Å². The summed E-state index contributed by atoms with van der Waals surface area (Å²) in [4.78, 5) is 0. The SMILES string of the molecule is [O-]B([O-])O. The maximum Gasteiger partial charge on any atom is 0.0554 e. The molecule has 0 saturated carbocycles. The van der Waals surface area contributed by atoms with Gasteiger partial charge in [0.2, 0.25) is 0 Å². The second-order valence-corrected chi connectivity index (χ2v) is 0.307. The summed E-state index contributed by atoms with van der Waals surface area (Å²) < 4.78 is 0. The van der Waals surface area contributed by atoms with Gasteiger partial charge in [0.1, 0.15) is 0 Å². The minimum Gasteiger partial charge on any atom is -0.871 e. The van der Waals surface area contributed by atoms with Gasteiger partial charge in [-0.3, -0.25) is 0 Å². The summed E-state index contributed by atoms with van der Waals surface area (Å²) in [6.07, 6.45) is 0. The summed E-state index contributed by atoms with van der Waals surface area (Å²) in [7, 11) is -2.67. The lowest BCUT2D eigenvalue weighted by Gasteiger charge is -2.13. The van der Waals surface area contributed by atoms with Crippen LogP contribution >= 0.6 is 0 Å². The Morgan fingerprint density at radius 3 is 1.50 bits per heavy atom. The third-order valence-electron chi connectivity index (χ3n) is 0. The van der Waals surface area contributed by atoms with Gasteiger partial charge in [-0.05, 0) is 0 Å². The van der Waals surface area contributed by atoms with E-state index < -0.39 is 7.32 Å². The summed E-state index contributed by atoms with van der Waals surface area (Å²) in [5.41, 5.74) is 0. The van der Waals surface area contributed by atoms with Crippen LogP contribution in [0.2, 0.25) is 0 Å². The van der Waals surface area contributed by atoms with Gasteiger partial charge in [-0.25, -0.2) is 0 Å². The molecule has 4 heavy (non-hydrogen) atoms. The molecule has 0 aromatic carbocycles. The van der Waals surface area contributed by atoms with Crippen molar-refractivity contribution in [1.29, 1.82) is 0 Å². The molecule has 0 saturated heterocycles. The molecular weight excluding hydrogens is 58.8 g/mol. The molecule has 0 heterocycles. The standard InChI is InChI=1S/BHO3/c2-1(3)4/h2H/q-2. The zero-order valence-electron chi connectivity index (χ0n) is 1.84. The van der Waals surface area contributed by atoms with E-state index in [1.807, 2.05) is 0 Å². The molecule has 0 aliphatic carbocycles. The zero-order valence-corrected chi connectivity index (χ0v) is 1.84. The van der Waals surface area contributed by atoms with Gasteiger partial charge in [0.25, 0.3) is 0 Å². The van der Waals surface area contributed by atoms with Gasteiger partial charge < -0.3 is 15.1 Å². The smallest absolute Gasteiger partial charge is 0.0554 e. The number of rotatable bonds is 0. The van der Waals surface area contributed by atoms with Crippen molar-refractivity contribution in [3.63, 3.8) is 0 Å². The molecule has 0 atom stereocenters. The molecule has 0 amide bonds. The average Bonchev–Trinajstić information content (AvgIpc) is 0.811. The van der Waals surface area contributed by atoms with Crippen molar-refractivity contribution in [2.45, 2.75) is 0 Å². The molecule has 4 heteroatoms. The second kappa shape index (κ2) is 1.28. The van der Waals surface area contributed by atoms with Crippen LogP contribution in [0.4, 0.5) is 0 Å². The third kappa shape index (κ3) is 573. The first-order valence-electron chi connectivity index (χ1n) is 0.730. The average molecular weight is 59.8 g/mol. The molecule has 0 aliphatic rings. The molecule has 0 fully saturated rings. The van der Waals surface area contributed by atoms with Gasteiger partial charge in [-0.1, -0.05) is 0 Å². The van der Waals surface area contributed by atoms with Crippen LogP contribution in [-0.4, -0.2) is 12.3 Å². The molecule has 24 valence electrons. The van der Waals surface area contributed by atoms with E-state index in [2.05, 4.69) is 0 Å². The number of hydrogen-bond acceptors (Lipinski definition) is 3. The highest BCUT2D eigenvalue weighted by atomic mass is 16.5. The quantitative estimate of drug-likeness (QED) is 0.297. The Balaban J connectivity index is 2.32. The molecule has 0 unspecified atom stereocenters. The monoisotopic (exact) mass is 60.0 g/mol. The molecule has 0 aromatic rings. The molecule has 0 radical (unpaired) electrons. The maximum atomic E-state index is 8.53. The summed E-state index contributed by atoms with van der Waals surface area (Å²) in [5.74, 6) is 0. The Morgan fingerprint density at radius 2 is 1.50 bits per heavy atom. The van der Waals surface area contributed by atoms with Crippen molar-refractivity contribution in [3.8, 4) is 0 Å². The van der Waals surface area contributed by atoms with Gasteiger partial charge in [0.15, 0.2) is 0 Å². The Kier molecular flexibility index (Phi) is 1.27. The van der Waals surface area contributed by atoms with Crippen LogP contribution in [0, 0.1) is 0 Å². The highest BCUT2D eigenvalue weighted by molar-refractivity contribution is 6.26. The first-order chi connectivity index (χ1) is 1.73. The van der Waals surface area contributed by atoms with E-state index in [0.717, 1.165) is 0 Å². The predicted octanol–water partition coefficient (Wildman–Crippen LogP) is -3.32. The molecule has 0 aliphatic heterocycles. The summed E-state index contributed by atoms with van der Waals surface area (Å²) in [6.45, 7) is 0. The van der Waals surface area contributed by atoms with Crippen molar-refractivity contribution >= 4 is 7.32 Å². The van der Waals surface area contributed by atoms with Crippen molar-refractivity contribution < 1.29 is 15.1 Å². The van der Waals surface area contributed by atoms with Crippen LogP contribution in [0.1, 0.15) is 0 Å². The lowest BCUT2D eigenvalue weighted by molar-refractivity contribution is -0.376. The van der Waals surface area contributed by atoms with Crippen molar-refractivity contribution in [1.82, 2.24) is 0 Å². The summed E-state index contributed by atoms with van der Waals surface area (Å²) in [6, 6.07) is 0. The molecule has 0 rings (SSSR count). The zero-order chi connectivity index (χ0) is 3.58. The fraction of sp³-hybridized carbons (Fsp3) is 0. The van der Waals surface area contributed by atoms with Crippen LogP contribution in [0.25, 0.3) is 0 Å². The van der Waals surface area contributed by atoms with E-state index in [4.69, 9.17) is 15.1 Å². The van der Waals surface area contributed by atoms with E-state index in [-0.39, 0.29) is 0 Å². The minimum atomic E-state index is -2.67. The van der Waals surface area contributed by atoms with Gasteiger partial charge in [0.05, 0.1) is 7.32 Å². The fourth-order valence-corrected chi connectivity index (χ4v) is 0. The van der Waals surface area contributed by atoms with Gasteiger partial charge in [0, 0.05) is 0 Å². The molecule has 0 aromatic heterocycles. The first kappa shape index (κ1) is 3.94. The Bertz CT molecular complexity index is 8.00. The van der Waals surface area contributed by atoms with E-state index in [1.165, 1.54) is 0 Å². The summed E-state index contributed by atoms with van der Waals surface area (Å²) in [5, 5.41) is 24.0. The van der Waals surface area contributed by atoms with Crippen LogP contribution in [0.3, 0.4) is 0 Å². The van der Waals surface area contributed by atoms with Crippen LogP contribution in [0.5, 0.6) is 0 Å². The third-order valence-corrected chi connectivity index (χ3v) is 0. The predicted molar refractivity (Wildman–Crippen MR) is 7.97 cm³/mol. The Labute approximate surface area is 23.7 Å². The lowest BCUT2D eigenvalue weighted by Crippen LogP contribution is -2.44. The molecular formula is HBO3-2. The second-order valence-electron chi connectivity index (χ2n) is 0.307. The highest BCUT2D eigenvalue weighted by Crippen LogP contribution is 1.16. The van der Waals surface area contributed by atoms with Gasteiger partial charge in [-0.15, -0.1) is 0 Å². The Morgan fingerprint density at radius 1 is 1.50 bits per heavy atom. The van der Waals surface area contributed by atoms with Gasteiger partial charge in [-0.2, -0.15) is 0 Å². The lowest BCUT2D eigenvalue weighted by atomic mass is 10.3. The van der Waals surface area contributed by atoms with E-state index in [0.29, 0.717) is 0 Å². The van der Waals surface area contributed by atoms with Crippen molar-refractivity contribution in [3.05, 3.63) is 0 Å². The molecule has 3 nitrogen and oxygen atoms in total. The van der Waals surface area contributed by atoms with Gasteiger partial charge >= 0.3 is 0 Å². The first-order valence-corrected chi connectivity index (χ1v) is 0.730. The Hall–Kier alpha value is -0.0551. The van der Waals surface area contributed by atoms with Crippen molar-refractivity contribution in [2.75, 3.05) is 0 Å². The molecule has 1 N–H and O–H groups in total. The van der Waals surface area contributed by atoms with Crippen molar-refractivity contribution in [2.24, 2.45) is 0 Å². The number of hydrogen-bond donors (Lipinski definition) is 1. The van der Waals surface area contributed by atoms with Crippen LogP contribution in [-0.2, 0) is 0 Å². The van der Waals surface area contributed by atoms with Crippen LogP contribution in [0.15, 0.2) is 0 Å². The normalized spacial score (nSPS) is 6.75.